The van der Waals surface area contributed by atoms with E-state index in [9.17, 15) is 9.59 Å². The molecule has 0 aliphatic carbocycles. The van der Waals surface area contributed by atoms with Crippen molar-refractivity contribution in [1.29, 1.82) is 5.26 Å². The minimum atomic E-state index is -0.627. The summed E-state index contributed by atoms with van der Waals surface area (Å²) in [6, 6.07) is 9.89. The highest BCUT2D eigenvalue weighted by atomic mass is 16.5. The topological polar surface area (TPSA) is 104 Å². The van der Waals surface area contributed by atoms with Crippen molar-refractivity contribution in [2.75, 3.05) is 5.32 Å². The molecular weight excluding hydrogens is 380 g/mol. The van der Waals surface area contributed by atoms with Gasteiger partial charge in [-0.05, 0) is 54.7 Å². The van der Waals surface area contributed by atoms with E-state index in [-0.39, 0.29) is 29.5 Å². The molecule has 0 bridgehead atoms. The van der Waals surface area contributed by atoms with E-state index >= 15 is 0 Å². The predicted molar refractivity (Wildman–Crippen MR) is 115 cm³/mol. The van der Waals surface area contributed by atoms with Gasteiger partial charge in [-0.25, -0.2) is 4.98 Å². The van der Waals surface area contributed by atoms with Crippen molar-refractivity contribution >= 4 is 17.5 Å². The highest BCUT2D eigenvalue weighted by molar-refractivity contribution is 5.98. The molecule has 7 nitrogen and oxygen atoms in total. The number of nitrogens with zero attached hydrogens (tertiary/aromatic N) is 2. The van der Waals surface area contributed by atoms with Crippen LogP contribution in [0.2, 0.25) is 0 Å². The van der Waals surface area contributed by atoms with Gasteiger partial charge in [0.1, 0.15) is 23.4 Å². The van der Waals surface area contributed by atoms with Gasteiger partial charge in [0.15, 0.2) is 0 Å². The maximum atomic E-state index is 12.8. The quantitative estimate of drug-likeness (QED) is 0.682. The van der Waals surface area contributed by atoms with Crippen LogP contribution in [-0.4, -0.2) is 22.8 Å². The molecule has 1 heterocycles. The minimum absolute atomic E-state index is 0.0578. The number of rotatable bonds is 8. The Morgan fingerprint density at radius 3 is 2.53 bits per heavy atom. The number of amides is 2. The number of carbonyl (C=O) groups excluding carboxylic acids is 2. The van der Waals surface area contributed by atoms with E-state index in [1.807, 2.05) is 40.7 Å². The number of hydrogen-bond donors (Lipinski definition) is 2. The number of hydrogen-bond acceptors (Lipinski definition) is 5. The summed E-state index contributed by atoms with van der Waals surface area (Å²) in [4.78, 5) is 29.0. The maximum Gasteiger partial charge on any atom is 0.247 e. The molecule has 0 radical (unpaired) electrons. The van der Waals surface area contributed by atoms with Gasteiger partial charge in [0, 0.05) is 18.3 Å². The van der Waals surface area contributed by atoms with Gasteiger partial charge in [0.2, 0.25) is 17.7 Å². The van der Waals surface area contributed by atoms with E-state index in [0.717, 1.165) is 5.56 Å². The van der Waals surface area contributed by atoms with Crippen LogP contribution < -0.4 is 15.4 Å². The van der Waals surface area contributed by atoms with Crippen LogP contribution in [0.15, 0.2) is 36.5 Å². The van der Waals surface area contributed by atoms with Crippen molar-refractivity contribution in [2.45, 2.75) is 47.1 Å². The number of ether oxygens (including phenoxy) is 1. The first-order valence-electron chi connectivity index (χ1n) is 9.95. The van der Waals surface area contributed by atoms with Gasteiger partial charge in [-0.3, -0.25) is 9.59 Å². The number of aromatic nitrogens is 1. The number of aryl methyl sites for hydroxylation is 1. The number of carbonyl (C=O) groups is 2. The fraction of sp³-hybridized carbons (Fsp3) is 0.391. The lowest BCUT2D eigenvalue weighted by molar-refractivity contribution is -0.127. The molecule has 0 aliphatic rings. The van der Waals surface area contributed by atoms with Crippen LogP contribution in [0.3, 0.4) is 0 Å². The van der Waals surface area contributed by atoms with Crippen molar-refractivity contribution in [3.8, 4) is 17.7 Å². The summed E-state index contributed by atoms with van der Waals surface area (Å²) in [6.07, 6.45) is 1.93. The average molecular weight is 409 g/mol. The van der Waals surface area contributed by atoms with Gasteiger partial charge >= 0.3 is 0 Å². The first-order chi connectivity index (χ1) is 14.2. The molecule has 0 aliphatic heterocycles. The molecule has 0 spiro atoms. The Kier molecular flexibility index (Phi) is 7.93. The fourth-order valence-electron chi connectivity index (χ4n) is 2.86. The lowest BCUT2D eigenvalue weighted by Crippen LogP contribution is -2.47. The molecule has 2 aromatic rings. The number of pyridine rings is 1. The molecule has 0 saturated carbocycles. The third-order valence-electron chi connectivity index (χ3n) is 4.42. The van der Waals surface area contributed by atoms with Crippen LogP contribution in [0, 0.1) is 30.1 Å². The molecule has 7 heteroatoms. The van der Waals surface area contributed by atoms with Gasteiger partial charge in [-0.1, -0.05) is 27.7 Å². The number of nitrogens with one attached hydrogen (secondary N) is 2. The first-order valence-corrected chi connectivity index (χ1v) is 9.95. The second kappa shape index (κ2) is 10.4. The third kappa shape index (κ3) is 6.31. The van der Waals surface area contributed by atoms with Crippen LogP contribution >= 0.6 is 0 Å². The van der Waals surface area contributed by atoms with E-state index in [2.05, 4.69) is 15.6 Å². The highest BCUT2D eigenvalue weighted by Gasteiger charge is 2.25. The molecule has 1 unspecified atom stereocenters. The smallest absolute Gasteiger partial charge is 0.247 e. The van der Waals surface area contributed by atoms with Crippen molar-refractivity contribution in [1.82, 2.24) is 10.3 Å². The zero-order valence-corrected chi connectivity index (χ0v) is 18.0. The van der Waals surface area contributed by atoms with Crippen LogP contribution in [-0.2, 0) is 9.59 Å². The molecule has 2 rings (SSSR count). The van der Waals surface area contributed by atoms with Gasteiger partial charge < -0.3 is 15.4 Å². The molecule has 2 amide bonds. The summed E-state index contributed by atoms with van der Waals surface area (Å²) in [6.45, 7) is 9.55. The first kappa shape index (κ1) is 22.9. The summed E-state index contributed by atoms with van der Waals surface area (Å²) in [5.41, 5.74) is 1.74. The van der Waals surface area contributed by atoms with Crippen molar-refractivity contribution in [3.63, 3.8) is 0 Å². The molecule has 30 heavy (non-hydrogen) atoms. The van der Waals surface area contributed by atoms with E-state index in [1.165, 1.54) is 0 Å². The van der Waals surface area contributed by atoms with E-state index in [0.29, 0.717) is 23.4 Å². The molecule has 158 valence electrons. The van der Waals surface area contributed by atoms with Gasteiger partial charge in [0.05, 0.1) is 0 Å². The molecule has 1 aromatic heterocycles. The summed E-state index contributed by atoms with van der Waals surface area (Å²) in [5, 5.41) is 14.9. The zero-order chi connectivity index (χ0) is 22.3. The summed E-state index contributed by atoms with van der Waals surface area (Å²) < 4.78 is 5.71. The second-order valence-corrected chi connectivity index (χ2v) is 7.92. The van der Waals surface area contributed by atoms with Crippen molar-refractivity contribution in [3.05, 3.63) is 47.7 Å². The molecule has 2 N–H and O–H groups in total. The lowest BCUT2D eigenvalue weighted by atomic mass is 10.0. The highest BCUT2D eigenvalue weighted by Crippen LogP contribution is 2.27. The second-order valence-electron chi connectivity index (χ2n) is 7.92. The molecule has 1 atom stereocenters. The molecule has 1 aromatic carbocycles. The van der Waals surface area contributed by atoms with Crippen LogP contribution in [0.25, 0.3) is 0 Å². The monoisotopic (exact) mass is 408 g/mol. The minimum Gasteiger partial charge on any atom is -0.438 e. The molecule has 0 saturated heterocycles. The van der Waals surface area contributed by atoms with Crippen molar-refractivity contribution in [2.24, 2.45) is 11.8 Å². The normalized spacial score (nSPS) is 11.7. The van der Waals surface area contributed by atoms with E-state index in [1.54, 1.807) is 36.5 Å². The Morgan fingerprint density at radius 1 is 1.20 bits per heavy atom. The SMILES string of the molecule is Cc1cc(Oc2ncccc2C#N)ccc1NC(=O)C(NC(=O)CC(C)C)C(C)C. The zero-order valence-electron chi connectivity index (χ0n) is 18.0. The average Bonchev–Trinajstić information content (AvgIpc) is 2.67. The van der Waals surface area contributed by atoms with Crippen LogP contribution in [0.1, 0.15) is 45.2 Å². The Morgan fingerprint density at radius 2 is 1.93 bits per heavy atom. The largest absolute Gasteiger partial charge is 0.438 e. The predicted octanol–water partition coefficient (Wildman–Crippen LogP) is 4.18. The lowest BCUT2D eigenvalue weighted by Gasteiger charge is -2.23. The number of anilines is 1. The van der Waals surface area contributed by atoms with Crippen LogP contribution in [0.4, 0.5) is 5.69 Å². The fourth-order valence-corrected chi connectivity index (χ4v) is 2.86. The van der Waals surface area contributed by atoms with Crippen LogP contribution in [0.5, 0.6) is 11.6 Å². The van der Waals surface area contributed by atoms with E-state index < -0.39 is 6.04 Å². The van der Waals surface area contributed by atoms with E-state index in [4.69, 9.17) is 10.00 Å². The van der Waals surface area contributed by atoms with Gasteiger partial charge in [-0.15, -0.1) is 0 Å². The Balaban J connectivity index is 2.11. The van der Waals surface area contributed by atoms with Gasteiger partial charge in [0.25, 0.3) is 0 Å². The third-order valence-corrected chi connectivity index (χ3v) is 4.42. The maximum absolute atomic E-state index is 12.8. The Labute approximate surface area is 177 Å². The Hall–Kier alpha value is -3.40. The Bertz CT molecular complexity index is 948. The summed E-state index contributed by atoms with van der Waals surface area (Å²) >= 11 is 0. The van der Waals surface area contributed by atoms with Gasteiger partial charge in [-0.2, -0.15) is 5.26 Å². The molecular formula is C23H28N4O3. The summed E-state index contributed by atoms with van der Waals surface area (Å²) in [7, 11) is 0. The van der Waals surface area contributed by atoms with Crippen molar-refractivity contribution < 1.29 is 14.3 Å². The standard InChI is InChI=1S/C23H28N4O3/c1-14(2)11-20(28)27-21(15(3)4)22(29)26-19-9-8-18(12-16(19)5)30-23-17(13-24)7-6-10-25-23/h6-10,12,14-15,21H,11H2,1-5H3,(H,26,29)(H,27,28). The number of nitriles is 1. The molecule has 0 fully saturated rings. The number of benzene rings is 1. The summed E-state index contributed by atoms with van der Waals surface area (Å²) in [5.74, 6) is 0.488.